The minimum atomic E-state index is -0.284. The standard InChI is InChI=1S/C18H17N3O2S2/c1-13(12-24-18-19-15-9-5-6-10-16(15)25-18)20-21-17(22)11-23-14-7-3-2-4-8-14/h2-10H,11-12H2,1H3,(H,21,22)/b20-13-. The topological polar surface area (TPSA) is 63.6 Å². The van der Waals surface area contributed by atoms with E-state index < -0.39 is 0 Å². The Balaban J connectivity index is 1.44. The fraction of sp³-hybridized carbons (Fsp3) is 0.167. The number of hydrazone groups is 1. The summed E-state index contributed by atoms with van der Waals surface area (Å²) >= 11 is 3.27. The van der Waals surface area contributed by atoms with Gasteiger partial charge in [0.05, 0.1) is 10.2 Å². The van der Waals surface area contributed by atoms with Crippen molar-refractivity contribution in [1.82, 2.24) is 10.4 Å². The summed E-state index contributed by atoms with van der Waals surface area (Å²) in [5.74, 6) is 1.04. The molecule has 1 N–H and O–H groups in total. The van der Waals surface area contributed by atoms with Crippen LogP contribution in [0.1, 0.15) is 6.92 Å². The molecule has 0 saturated heterocycles. The molecule has 1 aromatic heterocycles. The number of nitrogens with one attached hydrogen (secondary N) is 1. The first-order chi connectivity index (χ1) is 12.2. The van der Waals surface area contributed by atoms with Crippen molar-refractivity contribution < 1.29 is 9.53 Å². The highest BCUT2D eigenvalue weighted by Gasteiger charge is 2.05. The van der Waals surface area contributed by atoms with Crippen LogP contribution in [0.25, 0.3) is 10.2 Å². The fourth-order valence-electron chi connectivity index (χ4n) is 1.97. The zero-order valence-corrected chi connectivity index (χ0v) is 15.3. The van der Waals surface area contributed by atoms with Crippen LogP contribution < -0.4 is 10.2 Å². The molecule has 2 aromatic carbocycles. The third kappa shape index (κ3) is 5.30. The summed E-state index contributed by atoms with van der Waals surface area (Å²) in [6, 6.07) is 17.3. The molecule has 0 unspecified atom stereocenters. The molecule has 1 amide bonds. The third-order valence-electron chi connectivity index (χ3n) is 3.16. The molecule has 0 fully saturated rings. The molecule has 0 saturated carbocycles. The van der Waals surface area contributed by atoms with Gasteiger partial charge >= 0.3 is 0 Å². The average molecular weight is 371 g/mol. The lowest BCUT2D eigenvalue weighted by Gasteiger charge is -2.05. The van der Waals surface area contributed by atoms with Crippen molar-refractivity contribution in [3.63, 3.8) is 0 Å². The number of rotatable bonds is 7. The molecule has 7 heteroatoms. The number of thiazole rings is 1. The Bertz CT molecular complexity index is 845. The molecule has 0 atom stereocenters. The maximum atomic E-state index is 11.8. The molecule has 0 aliphatic rings. The van der Waals surface area contributed by atoms with E-state index in [1.807, 2.05) is 43.3 Å². The Morgan fingerprint density at radius 3 is 2.76 bits per heavy atom. The molecule has 128 valence electrons. The maximum Gasteiger partial charge on any atom is 0.277 e. The minimum absolute atomic E-state index is 0.0637. The first-order valence-electron chi connectivity index (χ1n) is 7.69. The second kappa shape index (κ2) is 8.64. The van der Waals surface area contributed by atoms with E-state index in [2.05, 4.69) is 21.6 Å². The smallest absolute Gasteiger partial charge is 0.277 e. The highest BCUT2D eigenvalue weighted by Crippen LogP contribution is 2.29. The van der Waals surface area contributed by atoms with Crippen molar-refractivity contribution in [2.75, 3.05) is 12.4 Å². The van der Waals surface area contributed by atoms with Gasteiger partial charge in [-0.05, 0) is 31.2 Å². The van der Waals surface area contributed by atoms with Crippen LogP contribution in [0.15, 0.2) is 64.0 Å². The van der Waals surface area contributed by atoms with Crippen LogP contribution in [-0.4, -0.2) is 29.0 Å². The zero-order valence-electron chi connectivity index (χ0n) is 13.6. The number of para-hydroxylation sites is 2. The van der Waals surface area contributed by atoms with Gasteiger partial charge in [0.25, 0.3) is 5.91 Å². The SMILES string of the molecule is C/C(CSc1nc2ccccc2s1)=N/NC(=O)COc1ccccc1. The number of thioether (sulfide) groups is 1. The largest absolute Gasteiger partial charge is 0.484 e. The van der Waals surface area contributed by atoms with E-state index in [4.69, 9.17) is 4.74 Å². The summed E-state index contributed by atoms with van der Waals surface area (Å²) in [6.07, 6.45) is 0. The van der Waals surface area contributed by atoms with Crippen LogP contribution in [0, 0.1) is 0 Å². The van der Waals surface area contributed by atoms with E-state index in [0.717, 1.165) is 15.6 Å². The Morgan fingerprint density at radius 2 is 1.96 bits per heavy atom. The van der Waals surface area contributed by atoms with Gasteiger partial charge in [-0.15, -0.1) is 11.3 Å². The van der Waals surface area contributed by atoms with Gasteiger partial charge in [-0.1, -0.05) is 42.1 Å². The van der Waals surface area contributed by atoms with E-state index in [1.165, 1.54) is 4.70 Å². The molecule has 0 bridgehead atoms. The van der Waals surface area contributed by atoms with Crippen molar-refractivity contribution in [2.45, 2.75) is 11.3 Å². The molecule has 1 heterocycles. The minimum Gasteiger partial charge on any atom is -0.484 e. The summed E-state index contributed by atoms with van der Waals surface area (Å²) in [5, 5.41) is 4.10. The summed E-state index contributed by atoms with van der Waals surface area (Å²) in [6.45, 7) is 1.81. The lowest BCUT2D eigenvalue weighted by molar-refractivity contribution is -0.123. The summed E-state index contributed by atoms with van der Waals surface area (Å²) in [7, 11) is 0. The fourth-order valence-corrected chi connectivity index (χ4v) is 3.91. The van der Waals surface area contributed by atoms with Crippen LogP contribution in [0.2, 0.25) is 0 Å². The Hall–Kier alpha value is -2.38. The van der Waals surface area contributed by atoms with Crippen molar-refractivity contribution in [3.05, 3.63) is 54.6 Å². The monoisotopic (exact) mass is 371 g/mol. The quantitative estimate of drug-likeness (QED) is 0.388. The van der Waals surface area contributed by atoms with E-state index in [0.29, 0.717) is 11.5 Å². The van der Waals surface area contributed by atoms with Gasteiger partial charge in [-0.25, -0.2) is 10.4 Å². The van der Waals surface area contributed by atoms with Crippen LogP contribution in [0.4, 0.5) is 0 Å². The first-order valence-corrected chi connectivity index (χ1v) is 9.49. The highest BCUT2D eigenvalue weighted by atomic mass is 32.2. The molecule has 0 aliphatic heterocycles. The van der Waals surface area contributed by atoms with E-state index in [9.17, 15) is 4.79 Å². The molecule has 3 aromatic rings. The van der Waals surface area contributed by atoms with Crippen LogP contribution in [0.5, 0.6) is 5.75 Å². The number of nitrogens with zero attached hydrogens (tertiary/aromatic N) is 2. The Labute approximate surface area is 154 Å². The van der Waals surface area contributed by atoms with Crippen molar-refractivity contribution >= 4 is 44.9 Å². The number of hydrogen-bond acceptors (Lipinski definition) is 6. The molecule has 0 spiro atoms. The summed E-state index contributed by atoms with van der Waals surface area (Å²) < 4.78 is 7.54. The predicted octanol–water partition coefficient (Wildman–Crippen LogP) is 3.96. The maximum absolute atomic E-state index is 11.8. The van der Waals surface area contributed by atoms with Crippen LogP contribution in [0.3, 0.4) is 0 Å². The highest BCUT2D eigenvalue weighted by molar-refractivity contribution is 8.01. The molecular weight excluding hydrogens is 354 g/mol. The summed E-state index contributed by atoms with van der Waals surface area (Å²) in [5.41, 5.74) is 4.34. The normalized spacial score (nSPS) is 11.5. The van der Waals surface area contributed by atoms with Gasteiger partial charge in [-0.2, -0.15) is 5.10 Å². The average Bonchev–Trinajstić information content (AvgIpc) is 3.07. The third-order valence-corrected chi connectivity index (χ3v) is 5.50. The lowest BCUT2D eigenvalue weighted by Crippen LogP contribution is -2.25. The Morgan fingerprint density at radius 1 is 1.20 bits per heavy atom. The number of carbonyl (C=O) groups excluding carboxylic acids is 1. The molecule has 3 rings (SSSR count). The van der Waals surface area contributed by atoms with Gasteiger partial charge in [-0.3, -0.25) is 4.79 Å². The van der Waals surface area contributed by atoms with Gasteiger partial charge < -0.3 is 4.74 Å². The molecular formula is C18H17N3O2S2. The summed E-state index contributed by atoms with van der Waals surface area (Å²) in [4.78, 5) is 16.3. The molecule has 0 aliphatic carbocycles. The number of benzene rings is 2. The van der Waals surface area contributed by atoms with Crippen molar-refractivity contribution in [3.8, 4) is 5.75 Å². The Kier molecular flexibility index (Phi) is 6.03. The van der Waals surface area contributed by atoms with E-state index in [-0.39, 0.29) is 12.5 Å². The number of ether oxygens (including phenoxy) is 1. The van der Waals surface area contributed by atoms with Gasteiger partial charge in [0, 0.05) is 11.5 Å². The lowest BCUT2D eigenvalue weighted by atomic mass is 10.3. The number of carbonyl (C=O) groups is 1. The number of fused-ring (bicyclic) bond motifs is 1. The van der Waals surface area contributed by atoms with Gasteiger partial charge in [0.1, 0.15) is 5.75 Å². The van der Waals surface area contributed by atoms with E-state index >= 15 is 0 Å². The van der Waals surface area contributed by atoms with Crippen LogP contribution in [-0.2, 0) is 4.79 Å². The van der Waals surface area contributed by atoms with Crippen LogP contribution >= 0.6 is 23.1 Å². The molecule has 0 radical (unpaired) electrons. The number of amides is 1. The van der Waals surface area contributed by atoms with Crippen molar-refractivity contribution in [2.24, 2.45) is 5.10 Å². The number of aromatic nitrogens is 1. The zero-order chi connectivity index (χ0) is 17.5. The predicted molar refractivity (Wildman–Crippen MR) is 104 cm³/mol. The van der Waals surface area contributed by atoms with Crippen molar-refractivity contribution in [1.29, 1.82) is 0 Å². The first kappa shape index (κ1) is 17.4. The molecule has 25 heavy (non-hydrogen) atoms. The number of hydrogen-bond donors (Lipinski definition) is 1. The van der Waals surface area contributed by atoms with Gasteiger partial charge in [0.15, 0.2) is 10.9 Å². The van der Waals surface area contributed by atoms with Gasteiger partial charge in [0.2, 0.25) is 0 Å². The second-order valence-corrected chi connectivity index (χ2v) is 7.47. The second-order valence-electron chi connectivity index (χ2n) is 5.22. The van der Waals surface area contributed by atoms with E-state index in [1.54, 1.807) is 35.2 Å². The molecule has 5 nitrogen and oxygen atoms in total.